The Balaban J connectivity index is 0.000000388. The molecule has 0 amide bonds. The molecule has 0 spiro atoms. The minimum absolute atomic E-state index is 0.0195. The fourth-order valence-corrected chi connectivity index (χ4v) is 99.2. The third kappa shape index (κ3) is 12.9. The van der Waals surface area contributed by atoms with Gasteiger partial charge in [-0.1, -0.05) is 86.8 Å². The summed E-state index contributed by atoms with van der Waals surface area (Å²) in [5, 5.41) is 4.82. The number of hydrogen-bond donors (Lipinski definition) is 1. The van der Waals surface area contributed by atoms with Crippen LogP contribution in [0.5, 0.6) is 0 Å². The zero-order valence-electron chi connectivity index (χ0n) is 24.1. The molecule has 4 rings (SSSR count). The number of nitrogen functional groups attached to an aromatic ring is 1. The fourth-order valence-electron chi connectivity index (χ4n) is 3.99. The molecule has 0 fully saturated rings. The summed E-state index contributed by atoms with van der Waals surface area (Å²) < 4.78 is 1.83. The number of aromatic nitrogens is 2. The number of anilines is 1. The van der Waals surface area contributed by atoms with Crippen LogP contribution < -0.4 is 5.73 Å². The molecule has 0 saturated carbocycles. The van der Waals surface area contributed by atoms with Gasteiger partial charge in [0.1, 0.15) is 5.69 Å². The van der Waals surface area contributed by atoms with E-state index in [9.17, 15) is 4.79 Å². The number of hydrogen-bond acceptors (Lipinski definition) is 3. The highest BCUT2D eigenvalue weighted by Crippen LogP contribution is 3.12. The molecule has 0 aliphatic carbocycles. The Hall–Kier alpha value is 0.560. The topological polar surface area (TPSA) is 65.3 Å². The van der Waals surface area contributed by atoms with E-state index in [1.807, 2.05) is 96.5 Å². The second-order valence-electron chi connectivity index (χ2n) is 8.86. The van der Waals surface area contributed by atoms with Gasteiger partial charge in [0.05, 0.1) is 12.2 Å². The highest BCUT2D eigenvalue weighted by Gasteiger charge is 2.23. The normalized spacial score (nSPS) is 11.6. The fraction of sp³-hybridized carbons (Fsp3) is 0.148. The number of nitrogens with zero attached hydrogens (tertiary/aromatic N) is 3. The Bertz CT molecular complexity index is 1460. The smallest absolute Gasteiger partial charge is 0.205 e. The standard InChI is InChI=1S/C25H23N3O.C2H3N.H13P11/c1-18-24(20-12-6-3-7-13-20)27-28(17-19-10-4-2-5-11-19)25(18)23(29)16-21-14-8-9-15-22(21)26;1-3-2;1-7-10(6)11(8(2)3)9(4)5/h2-15H,16-17,26H2,1H3;1H3;7H,1-6H2. The van der Waals surface area contributed by atoms with E-state index in [-0.39, 0.29) is 40.2 Å². The van der Waals surface area contributed by atoms with Gasteiger partial charge in [-0.3, -0.25) is 9.48 Å². The number of rotatable bonds is 10. The molecule has 3 aromatic carbocycles. The van der Waals surface area contributed by atoms with Crippen LogP contribution in [0.2, 0.25) is 0 Å². The van der Waals surface area contributed by atoms with Crippen LogP contribution in [0, 0.1) is 13.5 Å². The van der Waals surface area contributed by atoms with Gasteiger partial charge in [0.15, 0.2) is 5.78 Å². The van der Waals surface area contributed by atoms with Crippen LogP contribution >= 0.6 is 89.5 Å². The van der Waals surface area contributed by atoms with Gasteiger partial charge >= 0.3 is 0 Å². The van der Waals surface area contributed by atoms with Gasteiger partial charge in [0, 0.05) is 23.2 Å². The molecule has 0 radical (unpaired) electrons. The van der Waals surface area contributed by atoms with Crippen molar-refractivity contribution < 1.29 is 4.79 Å². The van der Waals surface area contributed by atoms with E-state index in [2.05, 4.69) is 58.4 Å². The highest BCUT2D eigenvalue weighted by molar-refractivity contribution is 9.18. The van der Waals surface area contributed by atoms with Gasteiger partial charge in [-0.2, -0.15) is 5.10 Å². The molecular formula is C27H39N4OP11. The third-order valence-corrected chi connectivity index (χ3v) is 64.9. The molecule has 4 aromatic rings. The van der Waals surface area contributed by atoms with Crippen molar-refractivity contribution in [2.24, 2.45) is 0 Å². The molecule has 0 saturated heterocycles. The summed E-state index contributed by atoms with van der Waals surface area (Å²) in [6.45, 7) is 9.11. The van der Waals surface area contributed by atoms with Gasteiger partial charge in [-0.05, 0) is 52.1 Å². The second kappa shape index (κ2) is 21.4. The van der Waals surface area contributed by atoms with Crippen molar-refractivity contribution >= 4 is 101 Å². The van der Waals surface area contributed by atoms with Gasteiger partial charge in [-0.15, -0.1) is 53.6 Å². The van der Waals surface area contributed by atoms with Crippen LogP contribution in [0.15, 0.2) is 84.9 Å². The summed E-state index contributed by atoms with van der Waals surface area (Å²) >= 11 is 0. The van der Waals surface area contributed by atoms with Crippen LogP contribution in [0.1, 0.15) is 27.2 Å². The van der Waals surface area contributed by atoms with E-state index in [0.717, 1.165) is 35.9 Å². The number of nitrogens with two attached hydrogens (primary N) is 1. The molecule has 0 aliphatic rings. The molecule has 43 heavy (non-hydrogen) atoms. The molecule has 228 valence electrons. The lowest BCUT2D eigenvalue weighted by molar-refractivity contribution is 0.0982. The summed E-state index contributed by atoms with van der Waals surface area (Å²) in [7, 11) is 20.3. The Labute approximate surface area is 276 Å². The minimum atomic E-state index is 0.0195. The number of ketones is 1. The highest BCUT2D eigenvalue weighted by atomic mass is 33.2. The molecule has 16 heteroatoms. The maximum Gasteiger partial charge on any atom is 0.205 e. The van der Waals surface area contributed by atoms with Crippen LogP contribution in [0.3, 0.4) is 0 Å². The first-order valence-electron chi connectivity index (χ1n) is 12.7. The van der Waals surface area contributed by atoms with E-state index >= 15 is 0 Å². The Morgan fingerprint density at radius 3 is 1.93 bits per heavy atom. The SMILES string of the molecule is Cc1c(-c2ccccc2)nn(Cc2ccccc2)c1C(=O)Cc1ccccc1N.PPP(P)P(P(P)P)P(P)P.[C-]#[N+]C. The monoisotopic (exact) mass is 776 g/mol. The van der Waals surface area contributed by atoms with Crippen LogP contribution in [-0.2, 0) is 13.0 Å². The number of para-hydroxylation sites is 1. The van der Waals surface area contributed by atoms with Crippen molar-refractivity contribution in [2.75, 3.05) is 12.8 Å². The first kappa shape index (κ1) is 39.7. The van der Waals surface area contributed by atoms with E-state index in [1.165, 1.54) is 7.05 Å². The summed E-state index contributed by atoms with van der Waals surface area (Å²) in [6.07, 6.45) is 0.252. The lowest BCUT2D eigenvalue weighted by Gasteiger charge is -2.29. The number of Topliss-reactive ketones (excluding diaryl/α,β-unsaturated/α-hetero) is 1. The van der Waals surface area contributed by atoms with Gasteiger partial charge < -0.3 is 10.6 Å². The second-order valence-corrected chi connectivity index (χ2v) is 47.9. The van der Waals surface area contributed by atoms with Crippen molar-refractivity contribution in [1.29, 1.82) is 0 Å². The molecule has 2 N–H and O–H groups in total. The predicted molar refractivity (Wildman–Crippen MR) is 224 cm³/mol. The molecule has 0 bridgehead atoms. The summed E-state index contributed by atoms with van der Waals surface area (Å²) in [5.74, 6) is 0.0195. The van der Waals surface area contributed by atoms with E-state index < -0.39 is 0 Å². The van der Waals surface area contributed by atoms with Gasteiger partial charge in [0.2, 0.25) is 7.05 Å². The quantitative estimate of drug-likeness (QED) is 0.0755. The van der Waals surface area contributed by atoms with E-state index in [4.69, 9.17) is 17.4 Å². The van der Waals surface area contributed by atoms with Crippen LogP contribution in [0.25, 0.3) is 16.1 Å². The van der Waals surface area contributed by atoms with Crippen molar-refractivity contribution in [1.82, 2.24) is 9.78 Å². The van der Waals surface area contributed by atoms with Gasteiger partial charge in [0.25, 0.3) is 0 Å². The summed E-state index contributed by atoms with van der Waals surface area (Å²) in [4.78, 5) is 16.1. The lowest BCUT2D eigenvalue weighted by Crippen LogP contribution is -2.15. The molecule has 8 unspecified atom stereocenters. The zero-order valence-corrected chi connectivity index (χ0v) is 35.6. The lowest BCUT2D eigenvalue weighted by atomic mass is 10.0. The Morgan fingerprint density at radius 1 is 0.930 bits per heavy atom. The number of carbonyl (C=O) groups is 1. The van der Waals surface area contributed by atoms with E-state index in [0.29, 0.717) is 17.9 Å². The third-order valence-electron chi connectivity index (χ3n) is 5.82. The van der Waals surface area contributed by atoms with Crippen LogP contribution in [-0.4, -0.2) is 22.6 Å². The summed E-state index contributed by atoms with van der Waals surface area (Å²) in [5.41, 5.74) is 12.0. The Kier molecular flexibility index (Phi) is 19.8. The zero-order chi connectivity index (χ0) is 31.9. The minimum Gasteiger partial charge on any atom is -0.398 e. The van der Waals surface area contributed by atoms with Crippen LogP contribution in [0.4, 0.5) is 5.69 Å². The first-order chi connectivity index (χ1) is 20.5. The van der Waals surface area contributed by atoms with Crippen molar-refractivity contribution in [3.8, 4) is 11.3 Å². The maximum atomic E-state index is 13.3. The maximum absolute atomic E-state index is 13.3. The van der Waals surface area contributed by atoms with Crippen molar-refractivity contribution in [3.63, 3.8) is 0 Å². The number of carbonyl (C=O) groups excluding carboxylic acids is 1. The molecule has 0 aliphatic heterocycles. The van der Waals surface area contributed by atoms with E-state index in [1.54, 1.807) is 0 Å². The average molecular weight is 776 g/mol. The molecule has 8 atom stereocenters. The van der Waals surface area contributed by atoms with Crippen molar-refractivity contribution in [3.05, 3.63) is 119 Å². The Morgan fingerprint density at radius 2 is 1.44 bits per heavy atom. The van der Waals surface area contributed by atoms with Gasteiger partial charge in [-0.25, -0.2) is 6.57 Å². The molecule has 1 aromatic heterocycles. The predicted octanol–water partition coefficient (Wildman–Crippen LogP) is 11.4. The largest absolute Gasteiger partial charge is 0.398 e. The molecule has 5 nitrogen and oxygen atoms in total. The molecule has 1 heterocycles. The summed E-state index contributed by atoms with van der Waals surface area (Å²) in [6, 6.07) is 27.6. The number of benzene rings is 3. The molecular weight excluding hydrogens is 737 g/mol. The average Bonchev–Trinajstić information content (AvgIpc) is 3.31. The van der Waals surface area contributed by atoms with Crippen molar-refractivity contribution in [2.45, 2.75) is 19.9 Å². The first-order valence-corrected chi connectivity index (χ1v) is 32.0.